The van der Waals surface area contributed by atoms with Crippen molar-refractivity contribution in [2.45, 2.75) is 39.6 Å². The summed E-state index contributed by atoms with van der Waals surface area (Å²) in [6, 6.07) is 50.4. The Bertz CT molecular complexity index is 2910. The van der Waals surface area contributed by atoms with Crippen molar-refractivity contribution in [2.24, 2.45) is 10.2 Å². The quantitative estimate of drug-likeness (QED) is 0.0413. The molecule has 8 aromatic rings. The summed E-state index contributed by atoms with van der Waals surface area (Å²) in [5.74, 6) is -1.39. The smallest absolute Gasteiger partial charge is 0.335 e. The highest BCUT2D eigenvalue weighted by Gasteiger charge is 2.13. The summed E-state index contributed by atoms with van der Waals surface area (Å²) in [5, 5.41) is 46.3. The van der Waals surface area contributed by atoms with Gasteiger partial charge in [-0.15, -0.1) is 10.2 Å². The minimum atomic E-state index is -1.03. The zero-order valence-electron chi connectivity index (χ0n) is 39.3. The van der Waals surface area contributed by atoms with Crippen LogP contribution in [0.4, 0.5) is 11.4 Å². The molecule has 0 spiro atoms. The van der Waals surface area contributed by atoms with Crippen LogP contribution >= 0.6 is 0 Å². The van der Waals surface area contributed by atoms with E-state index in [1.807, 2.05) is 12.1 Å². The Balaban J connectivity index is 0.961. The van der Waals surface area contributed by atoms with Gasteiger partial charge in [-0.05, 0) is 130 Å². The van der Waals surface area contributed by atoms with Crippen LogP contribution in [-0.2, 0) is 39.6 Å². The van der Waals surface area contributed by atoms with Crippen LogP contribution in [0.15, 0.2) is 192 Å². The van der Waals surface area contributed by atoms with Crippen molar-refractivity contribution >= 4 is 35.3 Å². The Hall–Kier alpha value is -9.96. The van der Waals surface area contributed by atoms with Crippen LogP contribution in [-0.4, -0.2) is 44.3 Å². The summed E-state index contributed by atoms with van der Waals surface area (Å²) in [6.45, 7) is 0.729. The van der Waals surface area contributed by atoms with E-state index in [0.717, 1.165) is 22.3 Å². The fourth-order valence-electron chi connectivity index (χ4n) is 7.16. The number of para-hydroxylation sites is 2. The number of aromatic carboxylic acids is 4. The summed E-state index contributed by atoms with van der Waals surface area (Å²) in [5.41, 5.74) is 5.90. The largest absolute Gasteiger partial charge is 0.489 e. The van der Waals surface area contributed by atoms with Gasteiger partial charge in [0, 0.05) is 12.1 Å². The molecule has 0 amide bonds. The maximum atomic E-state index is 11.4. The zero-order valence-corrected chi connectivity index (χ0v) is 39.3. The molecular formula is C58H46N2O14. The number of azo groups is 1. The summed E-state index contributed by atoms with van der Waals surface area (Å²) in [6.07, 6.45) is 0. The molecule has 16 nitrogen and oxygen atoms in total. The zero-order chi connectivity index (χ0) is 51.8. The normalized spacial score (nSPS) is 10.9. The fourth-order valence-corrected chi connectivity index (χ4v) is 7.16. The second-order valence-corrected chi connectivity index (χ2v) is 16.5. The van der Waals surface area contributed by atoms with E-state index >= 15 is 0 Å². The van der Waals surface area contributed by atoms with Gasteiger partial charge in [-0.1, -0.05) is 72.8 Å². The summed E-state index contributed by atoms with van der Waals surface area (Å²) >= 11 is 0. The minimum Gasteiger partial charge on any atom is -0.489 e. The maximum absolute atomic E-state index is 11.4. The molecule has 0 unspecified atom stereocenters. The van der Waals surface area contributed by atoms with E-state index in [4.69, 9.17) is 28.4 Å². The van der Waals surface area contributed by atoms with E-state index < -0.39 is 23.9 Å². The lowest BCUT2D eigenvalue weighted by molar-refractivity contribution is 0.0686. The number of carboxylic acids is 4. The molecule has 8 aromatic carbocycles. The first-order chi connectivity index (χ1) is 35.9. The molecule has 0 aliphatic rings. The number of ether oxygens (including phenoxy) is 6. The molecule has 0 radical (unpaired) electrons. The van der Waals surface area contributed by atoms with Crippen LogP contribution in [0.1, 0.15) is 74.8 Å². The van der Waals surface area contributed by atoms with Gasteiger partial charge in [-0.2, -0.15) is 0 Å². The van der Waals surface area contributed by atoms with E-state index in [0.29, 0.717) is 57.0 Å². The van der Waals surface area contributed by atoms with Crippen molar-refractivity contribution in [3.8, 4) is 34.5 Å². The summed E-state index contributed by atoms with van der Waals surface area (Å²) in [7, 11) is 0. The highest BCUT2D eigenvalue weighted by Crippen LogP contribution is 2.35. The molecule has 8 rings (SSSR count). The van der Waals surface area contributed by atoms with E-state index in [2.05, 4.69) is 10.2 Å². The molecule has 0 aliphatic heterocycles. The van der Waals surface area contributed by atoms with E-state index in [9.17, 15) is 39.6 Å². The fraction of sp³-hybridized carbons (Fsp3) is 0.103. The molecule has 4 N–H and O–H groups in total. The number of hydrogen-bond acceptors (Lipinski definition) is 12. The van der Waals surface area contributed by atoms with Gasteiger partial charge < -0.3 is 48.8 Å². The molecule has 0 aliphatic carbocycles. The molecule has 74 heavy (non-hydrogen) atoms. The number of carboxylic acid groups (broad SMARTS) is 4. The topological polar surface area (TPSA) is 229 Å². The monoisotopic (exact) mass is 994 g/mol. The van der Waals surface area contributed by atoms with Gasteiger partial charge in [0.05, 0.1) is 22.3 Å². The first-order valence-electron chi connectivity index (χ1n) is 22.8. The summed E-state index contributed by atoms with van der Waals surface area (Å²) in [4.78, 5) is 45.5. The predicted molar refractivity (Wildman–Crippen MR) is 270 cm³/mol. The van der Waals surface area contributed by atoms with Crippen LogP contribution in [0, 0.1) is 0 Å². The van der Waals surface area contributed by atoms with Crippen molar-refractivity contribution in [1.29, 1.82) is 0 Å². The van der Waals surface area contributed by atoms with Crippen molar-refractivity contribution in [3.63, 3.8) is 0 Å². The third-order valence-corrected chi connectivity index (χ3v) is 11.1. The molecular weight excluding hydrogens is 949 g/mol. The standard InChI is InChI=1S/C58H46N2O14/c61-55(62)43-17-9-37(10-18-43)31-69-47-25-41(26-48(29-47)70-32-38-11-19-44(20-12-38)56(63)64)35-73-53-7-3-1-5-51(53)59-60-52-6-2-4-8-54(52)74-36-42-27-49(71-33-39-13-21-45(22-14-39)57(65)66)30-50(28-42)72-34-40-15-23-46(24-16-40)58(67)68/h1-30H,31-36H2,(H,61,62)(H,63,64)(H,65,66)(H,67,68). The second-order valence-electron chi connectivity index (χ2n) is 16.5. The van der Waals surface area contributed by atoms with Gasteiger partial charge in [0.2, 0.25) is 0 Å². The Morgan fingerprint density at radius 3 is 0.797 bits per heavy atom. The van der Waals surface area contributed by atoms with Crippen molar-refractivity contribution in [2.75, 3.05) is 0 Å². The maximum Gasteiger partial charge on any atom is 0.335 e. The van der Waals surface area contributed by atoms with Crippen LogP contribution in [0.25, 0.3) is 0 Å². The first kappa shape index (κ1) is 50.4. The SMILES string of the molecule is O=C(O)c1ccc(COc2cc(COc3ccccc3N=Nc3ccccc3OCc3cc(OCc4ccc(C(=O)O)cc4)cc(OCc4ccc(C(=O)O)cc4)c3)cc(OCc3ccc(C(=O)O)cc3)c2)cc1. The number of carbonyl (C=O) groups is 4. The van der Waals surface area contributed by atoms with E-state index in [-0.39, 0.29) is 61.9 Å². The lowest BCUT2D eigenvalue weighted by Gasteiger charge is -2.14. The third-order valence-electron chi connectivity index (χ3n) is 11.1. The van der Waals surface area contributed by atoms with Gasteiger partial charge in [0.1, 0.15) is 85.5 Å². The highest BCUT2D eigenvalue weighted by atomic mass is 16.5. The predicted octanol–water partition coefficient (Wildman–Crippen LogP) is 12.4. The van der Waals surface area contributed by atoms with Gasteiger partial charge in [-0.3, -0.25) is 0 Å². The minimum absolute atomic E-state index is 0.0723. The van der Waals surface area contributed by atoms with Gasteiger partial charge in [-0.25, -0.2) is 19.2 Å². The van der Waals surface area contributed by atoms with Crippen molar-refractivity contribution in [1.82, 2.24) is 0 Å². The number of rotatable bonds is 24. The Morgan fingerprint density at radius 1 is 0.297 bits per heavy atom. The van der Waals surface area contributed by atoms with Crippen LogP contribution in [0.3, 0.4) is 0 Å². The van der Waals surface area contributed by atoms with Crippen LogP contribution in [0.5, 0.6) is 34.5 Å². The van der Waals surface area contributed by atoms with Gasteiger partial charge >= 0.3 is 23.9 Å². The van der Waals surface area contributed by atoms with E-state index in [1.165, 1.54) is 48.5 Å². The molecule has 0 heterocycles. The van der Waals surface area contributed by atoms with Gasteiger partial charge in [0.25, 0.3) is 0 Å². The molecule has 0 aromatic heterocycles. The Morgan fingerprint density at radius 2 is 0.541 bits per heavy atom. The van der Waals surface area contributed by atoms with Gasteiger partial charge in [0.15, 0.2) is 0 Å². The van der Waals surface area contributed by atoms with Crippen LogP contribution in [0.2, 0.25) is 0 Å². The summed E-state index contributed by atoms with van der Waals surface area (Å²) < 4.78 is 37.2. The number of hydrogen-bond donors (Lipinski definition) is 4. The molecule has 16 heteroatoms. The number of benzene rings is 8. The second kappa shape index (κ2) is 24.2. The molecule has 0 saturated carbocycles. The molecule has 0 fully saturated rings. The molecule has 0 atom stereocenters. The Labute approximate surface area is 423 Å². The van der Waals surface area contributed by atoms with Crippen LogP contribution < -0.4 is 28.4 Å². The molecule has 372 valence electrons. The lowest BCUT2D eigenvalue weighted by atomic mass is 10.1. The average Bonchev–Trinajstić information content (AvgIpc) is 3.42. The van der Waals surface area contributed by atoms with Crippen molar-refractivity contribution in [3.05, 3.63) is 238 Å². The molecule has 0 bridgehead atoms. The highest BCUT2D eigenvalue weighted by molar-refractivity contribution is 5.89. The lowest BCUT2D eigenvalue weighted by Crippen LogP contribution is -2.02. The van der Waals surface area contributed by atoms with E-state index in [1.54, 1.807) is 121 Å². The third kappa shape index (κ3) is 14.3. The number of nitrogens with zero attached hydrogens (tertiary/aromatic N) is 2. The van der Waals surface area contributed by atoms with Crippen molar-refractivity contribution < 1.29 is 68.0 Å². The molecule has 0 saturated heterocycles. The Kier molecular flexibility index (Phi) is 16.5. The average molecular weight is 995 g/mol. The first-order valence-corrected chi connectivity index (χ1v) is 22.8.